The Labute approximate surface area is 123 Å². The minimum absolute atomic E-state index is 0.116. The number of likely N-dealkylation sites (tertiary alicyclic amines) is 1. The van der Waals surface area contributed by atoms with Crippen LogP contribution in [0.15, 0.2) is 17.5 Å². The normalized spacial score (nSPS) is 22.8. The summed E-state index contributed by atoms with van der Waals surface area (Å²) in [6.07, 6.45) is 4.70. The molecule has 1 aromatic heterocycles. The molecule has 0 aromatic carbocycles. The summed E-state index contributed by atoms with van der Waals surface area (Å²) in [5, 5.41) is 10.8. The van der Waals surface area contributed by atoms with Crippen molar-refractivity contribution in [2.45, 2.75) is 37.8 Å². The van der Waals surface area contributed by atoms with Gasteiger partial charge in [0.15, 0.2) is 0 Å². The van der Waals surface area contributed by atoms with Crippen molar-refractivity contribution in [1.29, 1.82) is 0 Å². The van der Waals surface area contributed by atoms with E-state index in [-0.39, 0.29) is 12.7 Å². The van der Waals surface area contributed by atoms with E-state index < -0.39 is 5.97 Å². The van der Waals surface area contributed by atoms with Gasteiger partial charge < -0.3 is 9.84 Å². The maximum atomic E-state index is 10.5. The number of carboxylic acids is 1. The summed E-state index contributed by atoms with van der Waals surface area (Å²) in [5.74, 6) is -0.0491. The van der Waals surface area contributed by atoms with Crippen molar-refractivity contribution in [2.24, 2.45) is 5.92 Å². The average molecular weight is 295 g/mol. The van der Waals surface area contributed by atoms with Gasteiger partial charge in [0.2, 0.25) is 0 Å². The molecular weight excluding hydrogens is 274 g/mol. The summed E-state index contributed by atoms with van der Waals surface area (Å²) in [5.41, 5.74) is 0. The zero-order valence-electron chi connectivity index (χ0n) is 11.5. The average Bonchev–Trinajstić information content (AvgIpc) is 3.13. The molecule has 1 atom stereocenters. The third kappa shape index (κ3) is 3.40. The van der Waals surface area contributed by atoms with Gasteiger partial charge in [-0.2, -0.15) is 0 Å². The second-order valence-electron chi connectivity index (χ2n) is 5.74. The third-order valence-corrected chi connectivity index (χ3v) is 5.16. The Morgan fingerprint density at radius 3 is 2.70 bits per heavy atom. The number of rotatable bonds is 6. The first-order valence-corrected chi connectivity index (χ1v) is 8.23. The molecule has 1 aliphatic carbocycles. The highest BCUT2D eigenvalue weighted by Crippen LogP contribution is 2.46. The Kier molecular flexibility index (Phi) is 4.38. The van der Waals surface area contributed by atoms with Crippen LogP contribution in [0.2, 0.25) is 0 Å². The predicted molar refractivity (Wildman–Crippen MR) is 78.0 cm³/mol. The Bertz CT molecular complexity index is 436. The summed E-state index contributed by atoms with van der Waals surface area (Å²) in [7, 11) is 0. The van der Waals surface area contributed by atoms with Crippen LogP contribution in [0.5, 0.6) is 0 Å². The van der Waals surface area contributed by atoms with Gasteiger partial charge in [-0.25, -0.2) is 4.79 Å². The SMILES string of the molecule is O=C(O)COC1CCN(C(c2cccs2)C2CC2)CC1. The van der Waals surface area contributed by atoms with Crippen LogP contribution in [-0.2, 0) is 9.53 Å². The van der Waals surface area contributed by atoms with Crippen LogP contribution in [0, 0.1) is 5.92 Å². The minimum atomic E-state index is -0.873. The Hall–Kier alpha value is -0.910. The van der Waals surface area contributed by atoms with Crippen LogP contribution >= 0.6 is 11.3 Å². The van der Waals surface area contributed by atoms with Crippen molar-refractivity contribution in [3.8, 4) is 0 Å². The van der Waals surface area contributed by atoms with Crippen molar-refractivity contribution >= 4 is 17.3 Å². The third-order valence-electron chi connectivity index (χ3n) is 4.22. The predicted octanol–water partition coefficient (Wildman–Crippen LogP) is 2.76. The summed E-state index contributed by atoms with van der Waals surface area (Å²) in [6.45, 7) is 1.87. The monoisotopic (exact) mass is 295 g/mol. The molecule has 1 aliphatic heterocycles. The molecule has 0 spiro atoms. The highest BCUT2D eigenvalue weighted by molar-refractivity contribution is 7.10. The van der Waals surface area contributed by atoms with Gasteiger partial charge in [0.05, 0.1) is 6.10 Å². The van der Waals surface area contributed by atoms with Gasteiger partial charge in [0, 0.05) is 24.0 Å². The lowest BCUT2D eigenvalue weighted by Gasteiger charge is -2.37. The van der Waals surface area contributed by atoms with E-state index in [0.29, 0.717) is 6.04 Å². The highest BCUT2D eigenvalue weighted by Gasteiger charge is 2.38. The van der Waals surface area contributed by atoms with E-state index >= 15 is 0 Å². The first-order chi connectivity index (χ1) is 9.74. The molecule has 1 N–H and O–H groups in total. The van der Waals surface area contributed by atoms with Gasteiger partial charge in [0.25, 0.3) is 0 Å². The van der Waals surface area contributed by atoms with Crippen LogP contribution in [-0.4, -0.2) is 41.8 Å². The molecule has 1 saturated carbocycles. The molecule has 2 heterocycles. The van der Waals surface area contributed by atoms with E-state index in [9.17, 15) is 4.79 Å². The number of aliphatic carboxylic acids is 1. The molecule has 1 aromatic rings. The molecule has 2 fully saturated rings. The van der Waals surface area contributed by atoms with Gasteiger partial charge in [-0.3, -0.25) is 4.90 Å². The fraction of sp³-hybridized carbons (Fsp3) is 0.667. The van der Waals surface area contributed by atoms with Crippen molar-refractivity contribution in [3.05, 3.63) is 22.4 Å². The fourth-order valence-corrected chi connectivity index (χ4v) is 4.04. The molecule has 0 bridgehead atoms. The quantitative estimate of drug-likeness (QED) is 0.876. The zero-order chi connectivity index (χ0) is 13.9. The summed E-state index contributed by atoms with van der Waals surface area (Å²) in [4.78, 5) is 14.6. The van der Waals surface area contributed by atoms with E-state index in [1.807, 2.05) is 11.3 Å². The van der Waals surface area contributed by atoms with Crippen LogP contribution in [0.3, 0.4) is 0 Å². The highest BCUT2D eigenvalue weighted by atomic mass is 32.1. The number of hydrogen-bond acceptors (Lipinski definition) is 4. The van der Waals surface area contributed by atoms with Crippen LogP contribution in [0.1, 0.15) is 36.6 Å². The number of carboxylic acid groups (broad SMARTS) is 1. The number of ether oxygens (including phenoxy) is 1. The fourth-order valence-electron chi connectivity index (χ4n) is 3.09. The van der Waals surface area contributed by atoms with E-state index in [1.165, 1.54) is 17.7 Å². The first kappa shape index (κ1) is 14.0. The van der Waals surface area contributed by atoms with Crippen LogP contribution < -0.4 is 0 Å². The number of piperidine rings is 1. The molecule has 1 unspecified atom stereocenters. The Balaban J connectivity index is 1.55. The second kappa shape index (κ2) is 6.24. The van der Waals surface area contributed by atoms with Crippen molar-refractivity contribution in [3.63, 3.8) is 0 Å². The summed E-state index contributed by atoms with van der Waals surface area (Å²) < 4.78 is 5.42. The van der Waals surface area contributed by atoms with Crippen molar-refractivity contribution in [2.75, 3.05) is 19.7 Å². The lowest BCUT2D eigenvalue weighted by Crippen LogP contribution is -2.40. The maximum Gasteiger partial charge on any atom is 0.329 e. The van der Waals surface area contributed by atoms with Crippen molar-refractivity contribution < 1.29 is 14.6 Å². The smallest absolute Gasteiger partial charge is 0.329 e. The Morgan fingerprint density at radius 1 is 1.40 bits per heavy atom. The maximum absolute atomic E-state index is 10.5. The molecule has 110 valence electrons. The molecule has 5 heteroatoms. The van der Waals surface area contributed by atoms with Gasteiger partial charge in [-0.1, -0.05) is 6.07 Å². The molecule has 0 radical (unpaired) electrons. The molecular formula is C15H21NO3S. The summed E-state index contributed by atoms with van der Waals surface area (Å²) >= 11 is 1.86. The second-order valence-corrected chi connectivity index (χ2v) is 6.72. The standard InChI is InChI=1S/C15H21NO3S/c17-14(18)10-19-12-5-7-16(8-6-12)15(11-3-4-11)13-2-1-9-20-13/h1-2,9,11-12,15H,3-8,10H2,(H,17,18). The Morgan fingerprint density at radius 2 is 2.15 bits per heavy atom. The number of thiophene rings is 1. The lowest BCUT2D eigenvalue weighted by atomic mass is 10.0. The molecule has 3 rings (SSSR count). The molecule has 1 saturated heterocycles. The number of carbonyl (C=O) groups is 1. The largest absolute Gasteiger partial charge is 0.480 e. The summed E-state index contributed by atoms with van der Waals surface area (Å²) in [6, 6.07) is 4.97. The molecule has 2 aliphatic rings. The molecule has 20 heavy (non-hydrogen) atoms. The van der Waals surface area contributed by atoms with E-state index in [0.717, 1.165) is 31.8 Å². The van der Waals surface area contributed by atoms with E-state index in [1.54, 1.807) is 0 Å². The lowest BCUT2D eigenvalue weighted by molar-refractivity contribution is -0.145. The van der Waals surface area contributed by atoms with Gasteiger partial charge in [-0.15, -0.1) is 11.3 Å². The van der Waals surface area contributed by atoms with Crippen molar-refractivity contribution in [1.82, 2.24) is 4.90 Å². The number of hydrogen-bond donors (Lipinski definition) is 1. The topological polar surface area (TPSA) is 49.8 Å². The van der Waals surface area contributed by atoms with Crippen LogP contribution in [0.25, 0.3) is 0 Å². The zero-order valence-corrected chi connectivity index (χ0v) is 12.3. The van der Waals surface area contributed by atoms with Gasteiger partial charge >= 0.3 is 5.97 Å². The van der Waals surface area contributed by atoms with E-state index in [4.69, 9.17) is 9.84 Å². The molecule has 4 nitrogen and oxygen atoms in total. The minimum Gasteiger partial charge on any atom is -0.480 e. The molecule has 0 amide bonds. The van der Waals surface area contributed by atoms with Gasteiger partial charge in [-0.05, 0) is 43.0 Å². The van der Waals surface area contributed by atoms with E-state index in [2.05, 4.69) is 22.4 Å². The van der Waals surface area contributed by atoms with Crippen LogP contribution in [0.4, 0.5) is 0 Å². The first-order valence-electron chi connectivity index (χ1n) is 7.35. The number of nitrogens with zero attached hydrogens (tertiary/aromatic N) is 1. The van der Waals surface area contributed by atoms with Gasteiger partial charge in [0.1, 0.15) is 6.61 Å².